The molecule has 6 nitrogen and oxygen atoms in total. The van der Waals surface area contributed by atoms with Gasteiger partial charge in [0.25, 0.3) is 5.91 Å². The second-order valence-corrected chi connectivity index (χ2v) is 11.7. The van der Waals surface area contributed by atoms with Crippen LogP contribution in [0.5, 0.6) is 0 Å². The van der Waals surface area contributed by atoms with E-state index in [0.717, 1.165) is 31.2 Å². The molecule has 1 saturated carbocycles. The van der Waals surface area contributed by atoms with E-state index in [2.05, 4.69) is 10.6 Å². The van der Waals surface area contributed by atoms with Gasteiger partial charge in [0.05, 0.1) is 37.3 Å². The molecule has 0 saturated heterocycles. The van der Waals surface area contributed by atoms with Gasteiger partial charge in [-0.3, -0.25) is 14.4 Å². The first-order chi connectivity index (χ1) is 18.6. The number of carbonyl (C=O) groups excluding carboxylic acids is 3. The van der Waals surface area contributed by atoms with Gasteiger partial charge in [0.2, 0.25) is 11.8 Å². The van der Waals surface area contributed by atoms with E-state index in [-0.39, 0.29) is 20.8 Å². The van der Waals surface area contributed by atoms with Gasteiger partial charge >= 0.3 is 0 Å². The zero-order valence-electron chi connectivity index (χ0n) is 19.7. The Morgan fingerprint density at radius 1 is 0.825 bits per heavy atom. The lowest BCUT2D eigenvalue weighted by atomic mass is 10.1. The molecule has 2 atom stereocenters. The first kappa shape index (κ1) is 30.6. The predicted octanol–water partition coefficient (Wildman–Crippen LogP) is 8.45. The van der Waals surface area contributed by atoms with Crippen LogP contribution in [0, 0.1) is 23.4 Å². The van der Waals surface area contributed by atoms with Gasteiger partial charge in [0.15, 0.2) is 5.82 Å². The van der Waals surface area contributed by atoms with Crippen molar-refractivity contribution in [2.45, 2.75) is 17.2 Å². The summed E-state index contributed by atoms with van der Waals surface area (Å²) >= 11 is 36.8. The Morgan fingerprint density at radius 2 is 1.45 bits per heavy atom. The number of benzene rings is 3. The lowest BCUT2D eigenvalue weighted by Gasteiger charge is -2.13. The fourth-order valence-corrected chi connectivity index (χ4v) is 5.63. The monoisotopic (exact) mass is 671 g/mol. The molecule has 4 rings (SSSR count). The average molecular weight is 674 g/mol. The van der Waals surface area contributed by atoms with Gasteiger partial charge in [-0.15, -0.1) is 23.2 Å². The number of hydrogen-bond donors (Lipinski definition) is 3. The summed E-state index contributed by atoms with van der Waals surface area (Å²) in [5.74, 6) is -7.82. The van der Waals surface area contributed by atoms with Crippen molar-refractivity contribution in [2.24, 2.45) is 5.92 Å². The Labute approximate surface area is 255 Å². The molecule has 3 aromatic carbocycles. The van der Waals surface area contributed by atoms with Gasteiger partial charge in [-0.2, -0.15) is 0 Å². The number of amides is 3. The van der Waals surface area contributed by atoms with Gasteiger partial charge in [0.1, 0.15) is 21.7 Å². The van der Waals surface area contributed by atoms with Crippen LogP contribution in [0.2, 0.25) is 20.1 Å². The minimum atomic E-state index is -1.57. The summed E-state index contributed by atoms with van der Waals surface area (Å²) in [5.41, 5.74) is -1.58. The fraction of sp³-hybridized carbons (Fsp3) is 0.160. The number of nitrogens with one attached hydrogen (secondary N) is 3. The highest BCUT2D eigenvalue weighted by molar-refractivity contribution is 6.54. The number of anilines is 3. The molecule has 1 fully saturated rings. The molecule has 0 heterocycles. The highest BCUT2D eigenvalue weighted by Crippen LogP contribution is 2.65. The summed E-state index contributed by atoms with van der Waals surface area (Å²) in [4.78, 5) is 37.2. The van der Waals surface area contributed by atoms with Crippen molar-refractivity contribution >= 4 is 104 Å². The standard InChI is InChI=1S/C25H14Cl6F3N3O3/c1-8(38)35-22-14(32)2-3-16(21(22)34)37-23(39)11-6-10(7-15(33)19(11)28)36-24(40)18-17(25(18,30)31)9-4-12(26)20(29)13(27)5-9/h2-7,17-18H,1H3,(H,35,38)(H,36,40)(H,37,39)/t17-,18?/m0/s1. The van der Waals surface area contributed by atoms with Crippen LogP contribution < -0.4 is 16.0 Å². The van der Waals surface area contributed by atoms with E-state index < -0.39 is 73.3 Å². The zero-order valence-corrected chi connectivity index (χ0v) is 24.3. The first-order valence-corrected chi connectivity index (χ1v) is 13.3. The topological polar surface area (TPSA) is 87.3 Å². The lowest BCUT2D eigenvalue weighted by molar-refractivity contribution is -0.117. The molecule has 1 aliphatic carbocycles. The molecular weight excluding hydrogens is 660 g/mol. The molecule has 0 bridgehead atoms. The Balaban J connectivity index is 1.57. The van der Waals surface area contributed by atoms with Gasteiger partial charge in [-0.25, -0.2) is 13.2 Å². The Hall–Kier alpha value is -2.40. The van der Waals surface area contributed by atoms with Crippen molar-refractivity contribution in [3.05, 3.63) is 85.1 Å². The molecule has 0 aromatic heterocycles. The quantitative estimate of drug-likeness (QED) is 0.181. The van der Waals surface area contributed by atoms with Crippen LogP contribution in [0.4, 0.5) is 30.2 Å². The van der Waals surface area contributed by atoms with Crippen molar-refractivity contribution in [3.8, 4) is 0 Å². The minimum absolute atomic E-state index is 0.109. The smallest absolute Gasteiger partial charge is 0.257 e. The molecule has 3 N–H and O–H groups in total. The second-order valence-electron chi connectivity index (χ2n) is 8.66. The Kier molecular flexibility index (Phi) is 8.76. The number of halogens is 9. The molecule has 210 valence electrons. The Morgan fingerprint density at radius 3 is 2.05 bits per heavy atom. The van der Waals surface area contributed by atoms with E-state index in [9.17, 15) is 27.6 Å². The number of carbonyl (C=O) groups is 3. The molecule has 1 aliphatic rings. The highest BCUT2D eigenvalue weighted by Gasteiger charge is 2.67. The fourth-order valence-electron chi connectivity index (χ4n) is 4.00. The van der Waals surface area contributed by atoms with Gasteiger partial charge in [-0.1, -0.05) is 46.4 Å². The molecular formula is C25H14Cl6F3N3O3. The van der Waals surface area contributed by atoms with E-state index in [0.29, 0.717) is 5.56 Å². The molecule has 3 amide bonds. The van der Waals surface area contributed by atoms with Crippen molar-refractivity contribution in [1.29, 1.82) is 0 Å². The molecule has 1 unspecified atom stereocenters. The third-order valence-corrected chi connectivity index (χ3v) is 8.40. The summed E-state index contributed by atoms with van der Waals surface area (Å²) < 4.78 is 41.7. The number of alkyl halides is 2. The van der Waals surface area contributed by atoms with Crippen LogP contribution in [-0.2, 0) is 9.59 Å². The van der Waals surface area contributed by atoms with Crippen LogP contribution in [-0.4, -0.2) is 22.1 Å². The van der Waals surface area contributed by atoms with E-state index in [1.54, 1.807) is 0 Å². The molecule has 0 spiro atoms. The SMILES string of the molecule is CC(=O)Nc1c(F)ccc(NC(=O)c2cc(NC(=O)C3[C@H](c4cc(Cl)c(Cl)c(Cl)c4)C3(Cl)Cl)cc(F)c2Cl)c1F. The maximum absolute atomic E-state index is 14.7. The normalized spacial score (nSPS) is 17.2. The minimum Gasteiger partial charge on any atom is -0.326 e. The van der Waals surface area contributed by atoms with E-state index in [1.807, 2.05) is 5.32 Å². The zero-order chi connectivity index (χ0) is 29.7. The molecule has 3 aromatic rings. The van der Waals surface area contributed by atoms with E-state index in [4.69, 9.17) is 69.6 Å². The van der Waals surface area contributed by atoms with Crippen LogP contribution in [0.15, 0.2) is 36.4 Å². The predicted molar refractivity (Wildman–Crippen MR) is 151 cm³/mol. The third-order valence-electron chi connectivity index (χ3n) is 5.88. The van der Waals surface area contributed by atoms with Crippen LogP contribution in [0.25, 0.3) is 0 Å². The van der Waals surface area contributed by atoms with E-state index in [1.165, 1.54) is 12.1 Å². The summed E-state index contributed by atoms with van der Waals surface area (Å²) in [6.45, 7) is 1.04. The van der Waals surface area contributed by atoms with Gasteiger partial charge in [0, 0.05) is 18.5 Å². The first-order valence-electron chi connectivity index (χ1n) is 11.0. The summed E-state index contributed by atoms with van der Waals surface area (Å²) in [6.07, 6.45) is 0. The number of rotatable bonds is 6. The summed E-state index contributed by atoms with van der Waals surface area (Å²) in [6, 6.07) is 6.51. The maximum Gasteiger partial charge on any atom is 0.257 e. The molecule has 15 heteroatoms. The van der Waals surface area contributed by atoms with Crippen LogP contribution >= 0.6 is 69.6 Å². The average Bonchev–Trinajstić information content (AvgIpc) is 3.45. The third kappa shape index (κ3) is 5.95. The maximum atomic E-state index is 14.7. The highest BCUT2D eigenvalue weighted by atomic mass is 35.5. The summed E-state index contributed by atoms with van der Waals surface area (Å²) in [7, 11) is 0. The molecule has 40 heavy (non-hydrogen) atoms. The molecule has 0 radical (unpaired) electrons. The van der Waals surface area contributed by atoms with Crippen molar-refractivity contribution in [1.82, 2.24) is 0 Å². The molecule has 0 aliphatic heterocycles. The second kappa shape index (κ2) is 11.5. The number of hydrogen-bond acceptors (Lipinski definition) is 3. The van der Waals surface area contributed by atoms with Crippen molar-refractivity contribution < 1.29 is 27.6 Å². The Bertz CT molecular complexity index is 1560. The summed E-state index contributed by atoms with van der Waals surface area (Å²) in [5, 5.41) is 6.25. The van der Waals surface area contributed by atoms with Crippen LogP contribution in [0.3, 0.4) is 0 Å². The van der Waals surface area contributed by atoms with Crippen molar-refractivity contribution in [2.75, 3.05) is 16.0 Å². The van der Waals surface area contributed by atoms with E-state index >= 15 is 0 Å². The van der Waals surface area contributed by atoms with Gasteiger partial charge < -0.3 is 16.0 Å². The lowest BCUT2D eigenvalue weighted by Crippen LogP contribution is -2.19. The largest absolute Gasteiger partial charge is 0.326 e. The van der Waals surface area contributed by atoms with Crippen LogP contribution in [0.1, 0.15) is 28.8 Å². The van der Waals surface area contributed by atoms with Gasteiger partial charge in [-0.05, 0) is 42.0 Å². The van der Waals surface area contributed by atoms with Crippen molar-refractivity contribution in [3.63, 3.8) is 0 Å².